The molecule has 0 aromatic carbocycles. The standard InChI is InChI=1S/C82H160O17P2/c1-5-9-13-17-21-25-28-30-32-34-36-38-40-42-44-46-49-53-57-61-65-69-82(87)99-78(73-93-80(85)67-63-59-55-51-48-45-43-41-39-37-35-33-31-29-26-22-18-14-10-6-2)75-97-101(90,91)95-71-76(83)70-94-100(88,89)96-74-77(72-92-79(84)66-62-58-54-50-24-20-16-12-8-4)98-81(86)68-64-60-56-52-47-27-23-19-15-11-7-3/h76-78,83H,5-75H2,1-4H3,(H,88,89)(H,90,91)/t76-,77+,78+/m0/s1. The molecule has 17 nitrogen and oxygen atoms in total. The van der Waals surface area contributed by atoms with E-state index in [1.165, 1.54) is 276 Å². The Kier molecular flexibility index (Phi) is 74.8. The third-order valence-electron chi connectivity index (χ3n) is 19.4. The molecular weight excluding hydrogens is 1320 g/mol. The minimum Gasteiger partial charge on any atom is -0.462 e. The summed E-state index contributed by atoms with van der Waals surface area (Å²) in [6.45, 7) is 5.00. The van der Waals surface area contributed by atoms with E-state index < -0.39 is 97.5 Å². The van der Waals surface area contributed by atoms with Crippen molar-refractivity contribution in [1.82, 2.24) is 0 Å². The van der Waals surface area contributed by atoms with Gasteiger partial charge in [-0.3, -0.25) is 37.3 Å². The summed E-state index contributed by atoms with van der Waals surface area (Å²) >= 11 is 0. The predicted octanol–water partition coefficient (Wildman–Crippen LogP) is 25.0. The molecular formula is C82H160O17P2. The quantitative estimate of drug-likeness (QED) is 0.0222. The van der Waals surface area contributed by atoms with E-state index in [4.69, 9.17) is 37.0 Å². The fraction of sp³-hybridized carbons (Fsp3) is 0.951. The summed E-state index contributed by atoms with van der Waals surface area (Å²) in [6.07, 6.45) is 69.6. The molecule has 0 bridgehead atoms. The highest BCUT2D eigenvalue weighted by Gasteiger charge is 2.30. The monoisotopic (exact) mass is 1480 g/mol. The van der Waals surface area contributed by atoms with Crippen LogP contribution in [-0.4, -0.2) is 96.7 Å². The van der Waals surface area contributed by atoms with E-state index in [-0.39, 0.29) is 25.7 Å². The van der Waals surface area contributed by atoms with Crippen molar-refractivity contribution < 1.29 is 80.2 Å². The SMILES string of the molecule is CCCCCCCCCCCCCCCCCCCCCCCC(=O)O[C@H](COC(=O)CCCCCCCCCCCCCCCCCCCCCC)COP(=O)(O)OC[C@@H](O)COP(=O)(O)OC[C@@H](COC(=O)CCCCCCCCCCC)OC(=O)CCCCCCCCCCCCC. The molecule has 0 spiro atoms. The topological polar surface area (TPSA) is 237 Å². The molecule has 0 heterocycles. The Balaban J connectivity index is 5.17. The molecule has 0 fully saturated rings. The van der Waals surface area contributed by atoms with Gasteiger partial charge in [-0.05, 0) is 25.7 Å². The highest BCUT2D eigenvalue weighted by atomic mass is 31.2. The van der Waals surface area contributed by atoms with Crippen LogP contribution in [0.4, 0.5) is 0 Å². The normalized spacial score (nSPS) is 13.8. The lowest BCUT2D eigenvalue weighted by Gasteiger charge is -2.21. The van der Waals surface area contributed by atoms with Crippen LogP contribution in [0.25, 0.3) is 0 Å². The van der Waals surface area contributed by atoms with Gasteiger partial charge in [0.2, 0.25) is 0 Å². The molecule has 0 saturated heterocycles. The van der Waals surface area contributed by atoms with Crippen LogP contribution in [0.2, 0.25) is 0 Å². The van der Waals surface area contributed by atoms with Crippen molar-refractivity contribution in [3.8, 4) is 0 Å². The first-order chi connectivity index (χ1) is 49.2. The Morgan fingerprint density at radius 2 is 0.396 bits per heavy atom. The van der Waals surface area contributed by atoms with Crippen LogP contribution in [0.5, 0.6) is 0 Å². The van der Waals surface area contributed by atoms with Crippen LogP contribution >= 0.6 is 15.6 Å². The lowest BCUT2D eigenvalue weighted by molar-refractivity contribution is -0.161. The largest absolute Gasteiger partial charge is 0.472 e. The molecule has 0 saturated carbocycles. The highest BCUT2D eigenvalue weighted by molar-refractivity contribution is 7.47. The van der Waals surface area contributed by atoms with Crippen molar-refractivity contribution >= 4 is 39.5 Å². The van der Waals surface area contributed by atoms with Gasteiger partial charge in [0.05, 0.1) is 26.4 Å². The summed E-state index contributed by atoms with van der Waals surface area (Å²) in [5.41, 5.74) is 0. The van der Waals surface area contributed by atoms with Gasteiger partial charge in [0, 0.05) is 25.7 Å². The van der Waals surface area contributed by atoms with Crippen LogP contribution < -0.4 is 0 Å². The molecule has 0 amide bonds. The molecule has 0 aliphatic rings. The molecule has 0 aliphatic carbocycles. The zero-order valence-corrected chi connectivity index (χ0v) is 67.7. The number of carbonyl (C=O) groups excluding carboxylic acids is 4. The number of aliphatic hydroxyl groups excluding tert-OH is 1. The maximum atomic E-state index is 13.1. The minimum atomic E-state index is -4.96. The molecule has 19 heteroatoms. The second kappa shape index (κ2) is 76.3. The summed E-state index contributed by atoms with van der Waals surface area (Å²) in [5, 5.41) is 10.6. The summed E-state index contributed by atoms with van der Waals surface area (Å²) in [6, 6.07) is 0. The molecule has 0 aromatic rings. The summed E-state index contributed by atoms with van der Waals surface area (Å²) in [7, 11) is -9.91. The van der Waals surface area contributed by atoms with Crippen molar-refractivity contribution in [1.29, 1.82) is 0 Å². The van der Waals surface area contributed by atoms with Crippen LogP contribution in [0.15, 0.2) is 0 Å². The molecule has 5 atom stereocenters. The van der Waals surface area contributed by atoms with Crippen molar-refractivity contribution in [2.24, 2.45) is 0 Å². The van der Waals surface area contributed by atoms with Crippen LogP contribution in [-0.2, 0) is 65.4 Å². The van der Waals surface area contributed by atoms with Crippen LogP contribution in [0.1, 0.15) is 445 Å². The average molecular weight is 1480 g/mol. The minimum absolute atomic E-state index is 0.108. The van der Waals surface area contributed by atoms with E-state index in [1.807, 2.05) is 0 Å². The van der Waals surface area contributed by atoms with Crippen molar-refractivity contribution in [3.63, 3.8) is 0 Å². The van der Waals surface area contributed by atoms with Gasteiger partial charge >= 0.3 is 39.5 Å². The van der Waals surface area contributed by atoms with Gasteiger partial charge in [-0.25, -0.2) is 9.13 Å². The smallest absolute Gasteiger partial charge is 0.462 e. The third-order valence-corrected chi connectivity index (χ3v) is 21.3. The zero-order valence-electron chi connectivity index (χ0n) is 65.9. The second-order valence-electron chi connectivity index (χ2n) is 29.5. The number of carbonyl (C=O) groups is 4. The van der Waals surface area contributed by atoms with Crippen molar-refractivity contribution in [3.05, 3.63) is 0 Å². The van der Waals surface area contributed by atoms with E-state index in [0.717, 1.165) is 89.9 Å². The van der Waals surface area contributed by atoms with Crippen molar-refractivity contribution in [2.75, 3.05) is 39.6 Å². The molecule has 0 rings (SSSR count). The van der Waals surface area contributed by atoms with Crippen LogP contribution in [0.3, 0.4) is 0 Å². The molecule has 0 radical (unpaired) electrons. The molecule has 600 valence electrons. The third kappa shape index (κ3) is 76.1. The number of ether oxygens (including phenoxy) is 4. The first-order valence-electron chi connectivity index (χ1n) is 42.8. The number of hydrogen-bond acceptors (Lipinski definition) is 15. The molecule has 2 unspecified atom stereocenters. The summed E-state index contributed by atoms with van der Waals surface area (Å²) < 4.78 is 68.6. The van der Waals surface area contributed by atoms with E-state index in [0.29, 0.717) is 25.7 Å². The second-order valence-corrected chi connectivity index (χ2v) is 32.4. The average Bonchev–Trinajstić information content (AvgIpc) is 0.956. The van der Waals surface area contributed by atoms with Gasteiger partial charge in [0.25, 0.3) is 0 Å². The molecule has 3 N–H and O–H groups in total. The number of phosphoric ester groups is 2. The van der Waals surface area contributed by atoms with Crippen LogP contribution in [0, 0.1) is 0 Å². The Labute approximate surface area is 619 Å². The predicted molar refractivity (Wildman–Crippen MR) is 414 cm³/mol. The first kappa shape index (κ1) is 99.1. The molecule has 0 aliphatic heterocycles. The zero-order chi connectivity index (χ0) is 73.9. The maximum Gasteiger partial charge on any atom is 0.472 e. The number of rotatable bonds is 83. The number of esters is 4. The summed E-state index contributed by atoms with van der Waals surface area (Å²) in [5.74, 6) is -2.11. The fourth-order valence-electron chi connectivity index (χ4n) is 12.8. The van der Waals surface area contributed by atoms with Crippen molar-refractivity contribution in [2.45, 2.75) is 463 Å². The van der Waals surface area contributed by atoms with Gasteiger partial charge in [0.1, 0.15) is 19.3 Å². The van der Waals surface area contributed by atoms with E-state index in [9.17, 15) is 43.2 Å². The Morgan fingerprint density at radius 1 is 0.238 bits per heavy atom. The van der Waals surface area contributed by atoms with Gasteiger partial charge in [-0.2, -0.15) is 0 Å². The number of unbranched alkanes of at least 4 members (excludes halogenated alkanes) is 57. The van der Waals surface area contributed by atoms with Gasteiger partial charge in [0.15, 0.2) is 12.2 Å². The highest BCUT2D eigenvalue weighted by Crippen LogP contribution is 2.45. The lowest BCUT2D eigenvalue weighted by atomic mass is 10.0. The maximum absolute atomic E-state index is 13.1. The van der Waals surface area contributed by atoms with Gasteiger partial charge in [-0.15, -0.1) is 0 Å². The Morgan fingerprint density at radius 3 is 0.584 bits per heavy atom. The molecule has 101 heavy (non-hydrogen) atoms. The van der Waals surface area contributed by atoms with Gasteiger partial charge in [-0.1, -0.05) is 394 Å². The number of hydrogen-bond donors (Lipinski definition) is 3. The van der Waals surface area contributed by atoms with Gasteiger partial charge < -0.3 is 33.8 Å². The Bertz CT molecular complexity index is 1910. The fourth-order valence-corrected chi connectivity index (χ4v) is 14.4. The number of aliphatic hydroxyl groups is 1. The van der Waals surface area contributed by atoms with E-state index in [2.05, 4.69) is 27.7 Å². The summed E-state index contributed by atoms with van der Waals surface area (Å²) in [4.78, 5) is 72.9. The molecule has 0 aromatic heterocycles. The Hall–Kier alpha value is -1.94. The van der Waals surface area contributed by atoms with E-state index in [1.54, 1.807) is 0 Å². The first-order valence-corrected chi connectivity index (χ1v) is 45.8. The number of phosphoric acid groups is 2. The lowest BCUT2D eigenvalue weighted by Crippen LogP contribution is -2.30. The van der Waals surface area contributed by atoms with E-state index >= 15 is 0 Å².